The van der Waals surface area contributed by atoms with Gasteiger partial charge in [-0.25, -0.2) is 9.37 Å². The molecule has 0 bridgehead atoms. The van der Waals surface area contributed by atoms with Crippen molar-refractivity contribution < 1.29 is 13.9 Å². The number of benzene rings is 1. The Morgan fingerprint density at radius 1 is 1.19 bits per heavy atom. The Kier molecular flexibility index (Phi) is 5.79. The number of aromatic nitrogens is 1. The number of hydrogen-bond donors (Lipinski definition) is 0. The molecule has 0 N–H and O–H groups in total. The van der Waals surface area contributed by atoms with Crippen LogP contribution in [0.4, 0.5) is 4.39 Å². The molecule has 1 aromatic heterocycles. The van der Waals surface area contributed by atoms with Crippen molar-refractivity contribution in [3.8, 4) is 10.9 Å². The van der Waals surface area contributed by atoms with Crippen molar-refractivity contribution in [2.75, 3.05) is 6.61 Å². The molecule has 0 radical (unpaired) electrons. The number of ether oxygens (including phenoxy) is 2. The third-order valence-corrected chi connectivity index (χ3v) is 4.20. The molecular formula is C16H22FNO2S. The molecule has 0 saturated carbocycles. The molecule has 0 spiro atoms. The lowest BCUT2D eigenvalue weighted by atomic mass is 10.1. The van der Waals surface area contributed by atoms with Gasteiger partial charge in [-0.2, -0.15) is 0 Å². The van der Waals surface area contributed by atoms with Crippen LogP contribution in [0.15, 0.2) is 12.1 Å². The average molecular weight is 311 g/mol. The van der Waals surface area contributed by atoms with Gasteiger partial charge in [0.25, 0.3) is 5.19 Å². The largest absolute Gasteiger partial charge is 0.487 e. The summed E-state index contributed by atoms with van der Waals surface area (Å²) in [6.07, 6.45) is 4.02. The van der Waals surface area contributed by atoms with Crippen molar-refractivity contribution in [3.63, 3.8) is 0 Å². The second kappa shape index (κ2) is 7.59. The lowest BCUT2D eigenvalue weighted by molar-refractivity contribution is 0.172. The van der Waals surface area contributed by atoms with E-state index in [0.717, 1.165) is 25.7 Å². The van der Waals surface area contributed by atoms with Gasteiger partial charge in [0.2, 0.25) is 0 Å². The molecule has 1 aromatic carbocycles. The summed E-state index contributed by atoms with van der Waals surface area (Å²) in [4.78, 5) is 4.26. The third-order valence-electron chi connectivity index (χ3n) is 3.22. The van der Waals surface area contributed by atoms with Crippen molar-refractivity contribution >= 4 is 21.6 Å². The molecule has 21 heavy (non-hydrogen) atoms. The number of thiazole rings is 1. The number of hydrogen-bond acceptors (Lipinski definition) is 4. The normalized spacial score (nSPS) is 11.3. The van der Waals surface area contributed by atoms with Gasteiger partial charge in [-0.1, -0.05) is 38.0 Å². The predicted molar refractivity (Wildman–Crippen MR) is 85.0 cm³/mol. The van der Waals surface area contributed by atoms with E-state index in [4.69, 9.17) is 9.47 Å². The van der Waals surface area contributed by atoms with Gasteiger partial charge in [0.05, 0.1) is 22.9 Å². The van der Waals surface area contributed by atoms with E-state index >= 15 is 0 Å². The molecule has 5 heteroatoms. The summed E-state index contributed by atoms with van der Waals surface area (Å²) in [7, 11) is 0. The number of halogens is 1. The van der Waals surface area contributed by atoms with Gasteiger partial charge >= 0.3 is 0 Å². The highest BCUT2D eigenvalue weighted by Gasteiger charge is 2.17. The molecule has 0 fully saturated rings. The van der Waals surface area contributed by atoms with Crippen LogP contribution in [0, 0.1) is 5.82 Å². The first kappa shape index (κ1) is 16.0. The smallest absolute Gasteiger partial charge is 0.274 e. The molecule has 3 nitrogen and oxygen atoms in total. The fraction of sp³-hybridized carbons (Fsp3) is 0.562. The van der Waals surface area contributed by atoms with Crippen molar-refractivity contribution in [3.05, 3.63) is 17.9 Å². The fourth-order valence-corrected chi connectivity index (χ4v) is 3.19. The highest BCUT2D eigenvalue weighted by molar-refractivity contribution is 7.20. The first-order valence-electron chi connectivity index (χ1n) is 7.58. The molecule has 0 aliphatic heterocycles. The summed E-state index contributed by atoms with van der Waals surface area (Å²) in [5.74, 6) is -0.00532. The maximum Gasteiger partial charge on any atom is 0.274 e. The maximum atomic E-state index is 14.6. The first-order valence-corrected chi connectivity index (χ1v) is 8.39. The summed E-state index contributed by atoms with van der Waals surface area (Å²) in [5.41, 5.74) is 0.621. The van der Waals surface area contributed by atoms with Crippen LogP contribution in [0.3, 0.4) is 0 Å². The van der Waals surface area contributed by atoms with Crippen LogP contribution in [0.2, 0.25) is 0 Å². The molecule has 1 heterocycles. The molecule has 0 aliphatic carbocycles. The zero-order chi connectivity index (χ0) is 15.2. The minimum atomic E-state index is -0.326. The van der Waals surface area contributed by atoms with E-state index in [0.29, 0.717) is 27.8 Å². The van der Waals surface area contributed by atoms with E-state index in [2.05, 4.69) is 18.8 Å². The van der Waals surface area contributed by atoms with Crippen LogP contribution in [0.1, 0.15) is 46.5 Å². The standard InChI is InChI=1S/C16H22FNO2S/c1-4-7-11(8-5-2)20-13-10-9-12-15(14(13)17)21-16(18-12)19-6-3/h9-11H,4-8H2,1-3H3. The molecule has 2 aromatic rings. The Morgan fingerprint density at radius 3 is 2.52 bits per heavy atom. The zero-order valence-electron chi connectivity index (χ0n) is 12.8. The van der Waals surface area contributed by atoms with E-state index in [1.54, 1.807) is 12.1 Å². The Morgan fingerprint density at radius 2 is 1.90 bits per heavy atom. The summed E-state index contributed by atoms with van der Waals surface area (Å²) in [6, 6.07) is 3.47. The van der Waals surface area contributed by atoms with Gasteiger partial charge in [0.15, 0.2) is 11.6 Å². The van der Waals surface area contributed by atoms with Gasteiger partial charge < -0.3 is 9.47 Å². The number of fused-ring (bicyclic) bond motifs is 1. The van der Waals surface area contributed by atoms with E-state index < -0.39 is 0 Å². The van der Waals surface area contributed by atoms with E-state index in [9.17, 15) is 4.39 Å². The average Bonchev–Trinajstić information content (AvgIpc) is 2.86. The number of rotatable bonds is 8. The highest BCUT2D eigenvalue weighted by atomic mass is 32.1. The van der Waals surface area contributed by atoms with Gasteiger partial charge in [-0.3, -0.25) is 0 Å². The van der Waals surface area contributed by atoms with Crippen molar-refractivity contribution in [2.24, 2.45) is 0 Å². The van der Waals surface area contributed by atoms with Crippen LogP contribution in [-0.2, 0) is 0 Å². The Labute approximate surface area is 129 Å². The summed E-state index contributed by atoms with van der Waals surface area (Å²) in [6.45, 7) is 6.64. The Balaban J connectivity index is 2.25. The quantitative estimate of drug-likeness (QED) is 0.673. The van der Waals surface area contributed by atoms with Crippen molar-refractivity contribution in [1.82, 2.24) is 4.98 Å². The SMILES string of the molecule is CCCC(CCC)Oc1ccc2nc(OCC)sc2c1F. The minimum absolute atomic E-state index is 0.0752. The van der Waals surface area contributed by atoms with E-state index in [-0.39, 0.29) is 11.9 Å². The van der Waals surface area contributed by atoms with Crippen LogP contribution >= 0.6 is 11.3 Å². The highest BCUT2D eigenvalue weighted by Crippen LogP contribution is 2.35. The second-order valence-corrected chi connectivity index (χ2v) is 5.92. The predicted octanol–water partition coefficient (Wildman–Crippen LogP) is 5.18. The molecule has 116 valence electrons. The van der Waals surface area contributed by atoms with E-state index in [1.165, 1.54) is 11.3 Å². The molecule has 0 amide bonds. The lowest BCUT2D eigenvalue weighted by Gasteiger charge is -2.18. The topological polar surface area (TPSA) is 31.4 Å². The van der Waals surface area contributed by atoms with Crippen molar-refractivity contribution in [2.45, 2.75) is 52.6 Å². The van der Waals surface area contributed by atoms with Crippen LogP contribution in [0.5, 0.6) is 10.9 Å². The van der Waals surface area contributed by atoms with Gasteiger partial charge in [-0.05, 0) is 31.9 Å². The molecule has 0 saturated heterocycles. The zero-order valence-corrected chi connectivity index (χ0v) is 13.6. The van der Waals surface area contributed by atoms with Gasteiger partial charge in [0.1, 0.15) is 0 Å². The molecule has 0 unspecified atom stereocenters. The monoisotopic (exact) mass is 311 g/mol. The summed E-state index contributed by atoms with van der Waals surface area (Å²) >= 11 is 1.23. The third kappa shape index (κ3) is 3.84. The van der Waals surface area contributed by atoms with Crippen LogP contribution in [0.25, 0.3) is 10.2 Å². The van der Waals surface area contributed by atoms with Crippen LogP contribution in [-0.4, -0.2) is 17.7 Å². The second-order valence-electron chi connectivity index (χ2n) is 4.96. The van der Waals surface area contributed by atoms with E-state index in [1.807, 2.05) is 6.92 Å². The first-order chi connectivity index (χ1) is 10.2. The molecular weight excluding hydrogens is 289 g/mol. The van der Waals surface area contributed by atoms with Gasteiger partial charge in [-0.15, -0.1) is 0 Å². The van der Waals surface area contributed by atoms with Crippen molar-refractivity contribution in [1.29, 1.82) is 0 Å². The fourth-order valence-electron chi connectivity index (χ4n) is 2.28. The molecule has 0 atom stereocenters. The summed E-state index contributed by atoms with van der Waals surface area (Å²) < 4.78 is 26.3. The summed E-state index contributed by atoms with van der Waals surface area (Å²) in [5, 5.41) is 0.502. The minimum Gasteiger partial charge on any atom is -0.487 e. The Hall–Kier alpha value is -1.36. The lowest BCUT2D eigenvalue weighted by Crippen LogP contribution is -2.16. The van der Waals surface area contributed by atoms with Crippen LogP contribution < -0.4 is 9.47 Å². The maximum absolute atomic E-state index is 14.6. The molecule has 0 aliphatic rings. The molecule has 2 rings (SSSR count). The van der Waals surface area contributed by atoms with Gasteiger partial charge in [0, 0.05) is 0 Å². The Bertz CT molecular complexity index is 579. The number of nitrogens with zero attached hydrogens (tertiary/aromatic N) is 1.